The zero-order valence-electron chi connectivity index (χ0n) is 8.60. The lowest BCUT2D eigenvalue weighted by Gasteiger charge is -2.11. The van der Waals surface area contributed by atoms with E-state index in [0.29, 0.717) is 12.3 Å². The van der Waals surface area contributed by atoms with E-state index in [-0.39, 0.29) is 5.78 Å². The molecule has 0 aliphatic heterocycles. The summed E-state index contributed by atoms with van der Waals surface area (Å²) in [6, 6.07) is 0. The molecule has 0 aliphatic carbocycles. The summed E-state index contributed by atoms with van der Waals surface area (Å²) in [5, 5.41) is 2.95. The molecule has 0 heterocycles. The Morgan fingerprint density at radius 1 is 1.62 bits per heavy atom. The first-order valence-corrected chi connectivity index (χ1v) is 4.61. The molecule has 0 spiro atoms. The number of Topliss-reactive ketones (excluding diaryl/α,β-unsaturated/α-hetero) is 1. The first-order chi connectivity index (χ1) is 6.06. The number of hydrogen-bond donors (Lipinski definition) is 1. The second-order valence-corrected chi connectivity index (χ2v) is 3.50. The fourth-order valence-electron chi connectivity index (χ4n) is 1.18. The van der Waals surface area contributed by atoms with Crippen LogP contribution in [-0.2, 0) is 4.79 Å². The Morgan fingerprint density at radius 2 is 2.23 bits per heavy atom. The Labute approximate surface area is 80.7 Å². The topological polar surface area (TPSA) is 29.1 Å². The molecule has 0 radical (unpaired) electrons. The van der Waals surface area contributed by atoms with Gasteiger partial charge in [0.2, 0.25) is 0 Å². The minimum absolute atomic E-state index is 0.258. The van der Waals surface area contributed by atoms with Crippen molar-refractivity contribution >= 4 is 5.78 Å². The molecular weight excluding hydrogens is 162 g/mol. The van der Waals surface area contributed by atoms with Crippen molar-refractivity contribution in [2.45, 2.75) is 33.1 Å². The van der Waals surface area contributed by atoms with Gasteiger partial charge in [0, 0.05) is 12.1 Å². The van der Waals surface area contributed by atoms with Gasteiger partial charge in [0.15, 0.2) is 0 Å². The fourth-order valence-corrected chi connectivity index (χ4v) is 1.18. The number of carbonyl (C=O) groups is 1. The molecule has 0 aromatic rings. The minimum atomic E-state index is 0.258. The summed E-state index contributed by atoms with van der Waals surface area (Å²) in [5.74, 6) is 0.762. The van der Waals surface area contributed by atoms with Crippen LogP contribution in [0.2, 0.25) is 0 Å². The SMILES string of the molecule is C=CNC(=C)CC(C)CCC(C)=O. The average molecular weight is 181 g/mol. The molecule has 74 valence electrons. The Morgan fingerprint density at radius 3 is 2.69 bits per heavy atom. The van der Waals surface area contributed by atoms with Gasteiger partial charge < -0.3 is 10.1 Å². The third kappa shape index (κ3) is 7.32. The number of allylic oxidation sites excluding steroid dienone is 1. The van der Waals surface area contributed by atoms with Gasteiger partial charge in [0.25, 0.3) is 0 Å². The first-order valence-electron chi connectivity index (χ1n) is 4.61. The van der Waals surface area contributed by atoms with Crippen LogP contribution in [0.1, 0.15) is 33.1 Å². The third-order valence-corrected chi connectivity index (χ3v) is 1.89. The fraction of sp³-hybridized carbons (Fsp3) is 0.545. The van der Waals surface area contributed by atoms with Gasteiger partial charge in [-0.05, 0) is 31.9 Å². The van der Waals surface area contributed by atoms with Gasteiger partial charge in [-0.25, -0.2) is 0 Å². The molecule has 0 aromatic heterocycles. The first kappa shape index (κ1) is 11.9. The van der Waals surface area contributed by atoms with Gasteiger partial charge in [-0.3, -0.25) is 0 Å². The molecule has 1 unspecified atom stereocenters. The molecule has 2 nitrogen and oxygen atoms in total. The Hall–Kier alpha value is -1.05. The average Bonchev–Trinajstić information content (AvgIpc) is 2.01. The highest BCUT2D eigenvalue weighted by Crippen LogP contribution is 2.13. The predicted octanol–water partition coefficient (Wildman–Crippen LogP) is 2.63. The number of carbonyl (C=O) groups excluding carboxylic acids is 1. The number of ketones is 1. The monoisotopic (exact) mass is 181 g/mol. The van der Waals surface area contributed by atoms with Crippen LogP contribution < -0.4 is 5.32 Å². The van der Waals surface area contributed by atoms with Crippen molar-refractivity contribution in [2.24, 2.45) is 5.92 Å². The van der Waals surface area contributed by atoms with Gasteiger partial charge in [-0.1, -0.05) is 20.1 Å². The maximum Gasteiger partial charge on any atom is 0.129 e. The summed E-state index contributed by atoms with van der Waals surface area (Å²) < 4.78 is 0. The standard InChI is InChI=1S/C11H19NO/c1-5-12-10(3)8-9(2)6-7-11(4)13/h5,9,12H,1,3,6-8H2,2,4H3. The summed E-state index contributed by atoms with van der Waals surface area (Å²) >= 11 is 0. The lowest BCUT2D eigenvalue weighted by atomic mass is 9.99. The van der Waals surface area contributed by atoms with E-state index in [1.54, 1.807) is 13.1 Å². The molecule has 1 N–H and O–H groups in total. The van der Waals surface area contributed by atoms with Crippen LogP contribution in [0.25, 0.3) is 0 Å². The molecule has 0 aliphatic rings. The van der Waals surface area contributed by atoms with Crippen LogP contribution in [-0.4, -0.2) is 5.78 Å². The van der Waals surface area contributed by atoms with Crippen LogP contribution in [0.5, 0.6) is 0 Å². The van der Waals surface area contributed by atoms with Gasteiger partial charge in [-0.15, -0.1) is 0 Å². The van der Waals surface area contributed by atoms with E-state index in [2.05, 4.69) is 25.4 Å². The summed E-state index contributed by atoms with van der Waals surface area (Å²) in [7, 11) is 0. The maximum absolute atomic E-state index is 10.7. The Bertz CT molecular complexity index is 196. The van der Waals surface area contributed by atoms with E-state index < -0.39 is 0 Å². The highest BCUT2D eigenvalue weighted by atomic mass is 16.1. The third-order valence-electron chi connectivity index (χ3n) is 1.89. The van der Waals surface area contributed by atoms with Crippen LogP contribution in [0.4, 0.5) is 0 Å². The molecule has 0 saturated heterocycles. The summed E-state index contributed by atoms with van der Waals surface area (Å²) in [5.41, 5.74) is 0.964. The number of rotatable bonds is 7. The molecule has 0 aromatic carbocycles. The summed E-state index contributed by atoms with van der Waals surface area (Å²) in [6.07, 6.45) is 4.13. The molecule has 0 fully saturated rings. The highest BCUT2D eigenvalue weighted by molar-refractivity contribution is 5.75. The van der Waals surface area contributed by atoms with Crippen LogP contribution in [0.15, 0.2) is 25.1 Å². The van der Waals surface area contributed by atoms with Crippen molar-refractivity contribution in [1.82, 2.24) is 5.32 Å². The van der Waals surface area contributed by atoms with Gasteiger partial charge in [-0.2, -0.15) is 0 Å². The zero-order chi connectivity index (χ0) is 10.3. The van der Waals surface area contributed by atoms with E-state index in [4.69, 9.17) is 0 Å². The normalized spacial score (nSPS) is 11.8. The van der Waals surface area contributed by atoms with E-state index in [1.807, 2.05) is 0 Å². The smallest absolute Gasteiger partial charge is 0.129 e. The lowest BCUT2D eigenvalue weighted by Crippen LogP contribution is -2.08. The van der Waals surface area contributed by atoms with Gasteiger partial charge in [0.05, 0.1) is 0 Å². The molecule has 13 heavy (non-hydrogen) atoms. The quantitative estimate of drug-likeness (QED) is 0.654. The molecular formula is C11H19NO. The summed E-state index contributed by atoms with van der Waals surface area (Å²) in [4.78, 5) is 10.7. The molecule has 1 atom stereocenters. The van der Waals surface area contributed by atoms with Crippen molar-refractivity contribution in [3.63, 3.8) is 0 Å². The van der Waals surface area contributed by atoms with Crippen molar-refractivity contribution in [3.05, 3.63) is 25.1 Å². The highest BCUT2D eigenvalue weighted by Gasteiger charge is 2.04. The van der Waals surface area contributed by atoms with E-state index in [9.17, 15) is 4.79 Å². The minimum Gasteiger partial charge on any atom is -0.366 e. The van der Waals surface area contributed by atoms with Crippen LogP contribution in [0.3, 0.4) is 0 Å². The van der Waals surface area contributed by atoms with Crippen molar-refractivity contribution in [2.75, 3.05) is 0 Å². The van der Waals surface area contributed by atoms with Crippen LogP contribution >= 0.6 is 0 Å². The van der Waals surface area contributed by atoms with Gasteiger partial charge >= 0.3 is 0 Å². The van der Waals surface area contributed by atoms with Crippen molar-refractivity contribution in [3.8, 4) is 0 Å². The van der Waals surface area contributed by atoms with Gasteiger partial charge in [0.1, 0.15) is 5.78 Å². The molecule has 0 bridgehead atoms. The van der Waals surface area contributed by atoms with Crippen molar-refractivity contribution < 1.29 is 4.79 Å². The van der Waals surface area contributed by atoms with E-state index >= 15 is 0 Å². The lowest BCUT2D eigenvalue weighted by molar-refractivity contribution is -0.117. The molecule has 2 heteroatoms. The number of hydrogen-bond acceptors (Lipinski definition) is 2. The molecule has 0 saturated carbocycles. The largest absolute Gasteiger partial charge is 0.366 e. The van der Waals surface area contributed by atoms with Crippen LogP contribution in [0, 0.1) is 5.92 Å². The Kier molecular flexibility index (Phi) is 5.94. The van der Waals surface area contributed by atoms with Crippen molar-refractivity contribution in [1.29, 1.82) is 0 Å². The number of nitrogens with one attached hydrogen (secondary N) is 1. The summed E-state index contributed by atoms with van der Waals surface area (Å²) in [6.45, 7) is 11.2. The predicted molar refractivity (Wildman–Crippen MR) is 56.2 cm³/mol. The molecule has 0 rings (SSSR count). The Balaban J connectivity index is 3.60. The second kappa shape index (κ2) is 6.46. The van der Waals surface area contributed by atoms with E-state index in [1.165, 1.54) is 0 Å². The van der Waals surface area contributed by atoms with E-state index in [0.717, 1.165) is 18.5 Å². The molecule has 0 amide bonds. The zero-order valence-corrected chi connectivity index (χ0v) is 8.60. The second-order valence-electron chi connectivity index (χ2n) is 3.50. The maximum atomic E-state index is 10.7.